The summed E-state index contributed by atoms with van der Waals surface area (Å²) in [6, 6.07) is 6.35. The molecule has 1 aromatic carbocycles. The van der Waals surface area contributed by atoms with E-state index in [1.165, 1.54) is 12.1 Å². The molecule has 0 aliphatic carbocycles. The third kappa shape index (κ3) is 6.90. The Morgan fingerprint density at radius 3 is 2.38 bits per heavy atom. The van der Waals surface area contributed by atoms with Crippen LogP contribution in [-0.4, -0.2) is 47.9 Å². The summed E-state index contributed by atoms with van der Waals surface area (Å²) in [7, 11) is -3.46. The van der Waals surface area contributed by atoms with E-state index in [0.717, 1.165) is 6.54 Å². The molecule has 1 rings (SSSR count). The smallest absolute Gasteiger partial charge is 0.240 e. The van der Waals surface area contributed by atoms with Gasteiger partial charge in [0.25, 0.3) is 0 Å². The molecule has 1 aromatic rings. The Balaban J connectivity index is 2.48. The van der Waals surface area contributed by atoms with Crippen LogP contribution < -0.4 is 14.8 Å². The molecule has 0 atom stereocenters. The highest BCUT2D eigenvalue weighted by Gasteiger charge is 2.12. The van der Waals surface area contributed by atoms with Gasteiger partial charge in [-0.05, 0) is 37.7 Å². The Bertz CT molecular complexity index is 488. The molecule has 21 heavy (non-hydrogen) atoms. The van der Waals surface area contributed by atoms with Crippen LogP contribution in [-0.2, 0) is 14.8 Å². The van der Waals surface area contributed by atoms with E-state index in [9.17, 15) is 8.42 Å². The maximum absolute atomic E-state index is 12.0. The Labute approximate surface area is 126 Å². The van der Waals surface area contributed by atoms with Crippen molar-refractivity contribution in [2.75, 3.05) is 39.5 Å². The summed E-state index contributed by atoms with van der Waals surface area (Å²) in [5.41, 5.74) is 0. The lowest BCUT2D eigenvalue weighted by Crippen LogP contribution is -2.31. The monoisotopic (exact) mass is 316 g/mol. The van der Waals surface area contributed by atoms with Crippen molar-refractivity contribution in [2.24, 2.45) is 0 Å². The van der Waals surface area contributed by atoms with E-state index in [4.69, 9.17) is 9.47 Å². The summed E-state index contributed by atoms with van der Waals surface area (Å²) in [5, 5.41) is 3.06. The maximum Gasteiger partial charge on any atom is 0.240 e. The van der Waals surface area contributed by atoms with Crippen LogP contribution in [0.4, 0.5) is 0 Å². The van der Waals surface area contributed by atoms with Gasteiger partial charge in [-0.15, -0.1) is 0 Å². The second-order valence-electron chi connectivity index (χ2n) is 4.27. The van der Waals surface area contributed by atoms with Gasteiger partial charge >= 0.3 is 0 Å². The fraction of sp³-hybridized carbons (Fsp3) is 0.571. The normalized spacial score (nSPS) is 11.5. The van der Waals surface area contributed by atoms with Crippen molar-refractivity contribution >= 4 is 10.0 Å². The van der Waals surface area contributed by atoms with E-state index in [1.807, 2.05) is 13.8 Å². The number of hydrogen-bond donors (Lipinski definition) is 2. The molecule has 0 saturated heterocycles. The lowest BCUT2D eigenvalue weighted by Gasteiger charge is -2.09. The van der Waals surface area contributed by atoms with E-state index >= 15 is 0 Å². The number of sulfonamides is 1. The van der Waals surface area contributed by atoms with Gasteiger partial charge in [-0.25, -0.2) is 13.1 Å². The zero-order valence-corrected chi connectivity index (χ0v) is 13.4. The SMILES string of the molecule is CCNCCNS(=O)(=O)c1ccc(OCCOCC)cc1. The van der Waals surface area contributed by atoms with E-state index < -0.39 is 10.0 Å². The summed E-state index contributed by atoms with van der Waals surface area (Å²) in [6.07, 6.45) is 0. The highest BCUT2D eigenvalue weighted by molar-refractivity contribution is 7.89. The molecule has 2 N–H and O–H groups in total. The Hall–Kier alpha value is -1.15. The lowest BCUT2D eigenvalue weighted by atomic mass is 10.3. The van der Waals surface area contributed by atoms with Crippen LogP contribution in [0, 0.1) is 0 Å². The average Bonchev–Trinajstić information content (AvgIpc) is 2.49. The largest absolute Gasteiger partial charge is 0.491 e. The van der Waals surface area contributed by atoms with E-state index in [0.29, 0.717) is 38.7 Å². The van der Waals surface area contributed by atoms with Gasteiger partial charge < -0.3 is 14.8 Å². The van der Waals surface area contributed by atoms with Gasteiger partial charge in [0, 0.05) is 19.7 Å². The van der Waals surface area contributed by atoms with Crippen LogP contribution >= 0.6 is 0 Å². The van der Waals surface area contributed by atoms with E-state index in [-0.39, 0.29) is 4.90 Å². The molecule has 0 unspecified atom stereocenters. The van der Waals surface area contributed by atoms with Gasteiger partial charge in [0.2, 0.25) is 10.0 Å². The minimum Gasteiger partial charge on any atom is -0.491 e. The summed E-state index contributed by atoms with van der Waals surface area (Å²) < 4.78 is 37.1. The third-order valence-corrected chi connectivity index (χ3v) is 4.16. The average molecular weight is 316 g/mol. The van der Waals surface area contributed by atoms with Crippen molar-refractivity contribution < 1.29 is 17.9 Å². The molecule has 7 heteroatoms. The lowest BCUT2D eigenvalue weighted by molar-refractivity contribution is 0.110. The number of rotatable bonds is 11. The number of likely N-dealkylation sites (N-methyl/N-ethyl adjacent to an activating group) is 1. The predicted molar refractivity (Wildman–Crippen MR) is 82.2 cm³/mol. The molecule has 0 saturated carbocycles. The minimum absolute atomic E-state index is 0.233. The molecule has 0 aromatic heterocycles. The molecule has 0 radical (unpaired) electrons. The number of ether oxygens (including phenoxy) is 2. The van der Waals surface area contributed by atoms with Crippen LogP contribution in [0.25, 0.3) is 0 Å². The first-order chi connectivity index (χ1) is 10.1. The minimum atomic E-state index is -3.46. The third-order valence-electron chi connectivity index (χ3n) is 2.68. The molecule has 6 nitrogen and oxygen atoms in total. The Morgan fingerprint density at radius 2 is 1.76 bits per heavy atom. The number of nitrogens with one attached hydrogen (secondary N) is 2. The number of benzene rings is 1. The Morgan fingerprint density at radius 1 is 1.05 bits per heavy atom. The van der Waals surface area contributed by atoms with Gasteiger partial charge in [0.1, 0.15) is 12.4 Å². The van der Waals surface area contributed by atoms with Crippen LogP contribution in [0.1, 0.15) is 13.8 Å². The first-order valence-corrected chi connectivity index (χ1v) is 8.59. The molecule has 0 heterocycles. The second-order valence-corrected chi connectivity index (χ2v) is 6.04. The van der Waals surface area contributed by atoms with Gasteiger partial charge in [0.05, 0.1) is 11.5 Å². The summed E-state index contributed by atoms with van der Waals surface area (Å²) in [6.45, 7) is 7.29. The van der Waals surface area contributed by atoms with Crippen LogP contribution in [0.5, 0.6) is 5.75 Å². The van der Waals surface area contributed by atoms with Crippen molar-refractivity contribution in [3.05, 3.63) is 24.3 Å². The second kappa shape index (κ2) is 9.73. The standard InChI is InChI=1S/C14H24N2O4S/c1-3-15-9-10-16-21(17,18)14-7-5-13(6-8-14)20-12-11-19-4-2/h5-8,15-16H,3-4,9-12H2,1-2H3. The zero-order chi connectivity index (χ0) is 15.6. The molecule has 120 valence electrons. The number of hydrogen-bond acceptors (Lipinski definition) is 5. The van der Waals surface area contributed by atoms with E-state index in [2.05, 4.69) is 10.0 Å². The molecule has 0 bridgehead atoms. The topological polar surface area (TPSA) is 76.7 Å². The fourth-order valence-electron chi connectivity index (χ4n) is 1.61. The molecular weight excluding hydrogens is 292 g/mol. The molecule has 0 spiro atoms. The summed E-state index contributed by atoms with van der Waals surface area (Å²) >= 11 is 0. The van der Waals surface area contributed by atoms with Crippen molar-refractivity contribution in [1.29, 1.82) is 0 Å². The summed E-state index contributed by atoms with van der Waals surface area (Å²) in [4.78, 5) is 0.233. The first kappa shape index (κ1) is 17.9. The van der Waals surface area contributed by atoms with Crippen molar-refractivity contribution in [1.82, 2.24) is 10.0 Å². The Kier molecular flexibility index (Phi) is 8.29. The molecule has 0 fully saturated rings. The molecular formula is C14H24N2O4S. The maximum atomic E-state index is 12.0. The molecule has 0 aliphatic rings. The summed E-state index contributed by atoms with van der Waals surface area (Å²) in [5.74, 6) is 0.626. The fourth-order valence-corrected chi connectivity index (χ4v) is 2.64. The highest BCUT2D eigenvalue weighted by atomic mass is 32.2. The van der Waals surface area contributed by atoms with Crippen LogP contribution in [0.2, 0.25) is 0 Å². The molecule has 0 amide bonds. The van der Waals surface area contributed by atoms with E-state index in [1.54, 1.807) is 12.1 Å². The van der Waals surface area contributed by atoms with Gasteiger partial charge in [-0.3, -0.25) is 0 Å². The van der Waals surface area contributed by atoms with Crippen molar-refractivity contribution in [3.63, 3.8) is 0 Å². The predicted octanol–water partition coefficient (Wildman–Crippen LogP) is 0.990. The van der Waals surface area contributed by atoms with Crippen molar-refractivity contribution in [2.45, 2.75) is 18.7 Å². The van der Waals surface area contributed by atoms with Gasteiger partial charge in [-0.2, -0.15) is 0 Å². The van der Waals surface area contributed by atoms with Crippen molar-refractivity contribution in [3.8, 4) is 5.75 Å². The van der Waals surface area contributed by atoms with Gasteiger partial charge in [-0.1, -0.05) is 6.92 Å². The zero-order valence-electron chi connectivity index (χ0n) is 12.6. The first-order valence-electron chi connectivity index (χ1n) is 7.11. The van der Waals surface area contributed by atoms with Gasteiger partial charge in [0.15, 0.2) is 0 Å². The van der Waals surface area contributed by atoms with Crippen LogP contribution in [0.3, 0.4) is 0 Å². The quantitative estimate of drug-likeness (QED) is 0.595. The highest BCUT2D eigenvalue weighted by Crippen LogP contribution is 2.15. The van der Waals surface area contributed by atoms with Crippen LogP contribution in [0.15, 0.2) is 29.2 Å². The molecule has 0 aliphatic heterocycles.